The summed E-state index contributed by atoms with van der Waals surface area (Å²) >= 11 is 4.05. The average molecular weight is 540 g/mol. The van der Waals surface area contributed by atoms with Gasteiger partial charge in [0.1, 0.15) is 0 Å². The first-order valence-electron chi connectivity index (χ1n) is 10.4. The molecule has 152 valence electrons. The number of rotatable bonds is 3. The lowest BCUT2D eigenvalue weighted by molar-refractivity contribution is 1.12. The van der Waals surface area contributed by atoms with Gasteiger partial charge < -0.3 is 0 Å². The first-order chi connectivity index (χ1) is 15.8. The normalized spacial score (nSPS) is 11.3. The maximum atomic E-state index is 4.79. The Balaban J connectivity index is 1.50. The maximum absolute atomic E-state index is 4.79. The topological polar surface area (TPSA) is 25.8 Å². The van der Waals surface area contributed by atoms with Crippen molar-refractivity contribution in [1.82, 2.24) is 9.97 Å². The Hall–Kier alpha value is -3.09. The molecule has 0 bridgehead atoms. The van der Waals surface area contributed by atoms with E-state index in [1.165, 1.54) is 31.3 Å². The minimum Gasteiger partial charge on any atom is -0.223 e. The first kappa shape index (κ1) is 19.6. The van der Waals surface area contributed by atoms with E-state index in [1.54, 1.807) is 0 Å². The molecule has 0 atom stereocenters. The lowest BCUT2D eigenvalue weighted by Gasteiger charge is -2.11. The summed E-state index contributed by atoms with van der Waals surface area (Å²) in [5, 5.41) is 2.61. The van der Waals surface area contributed by atoms with Crippen molar-refractivity contribution in [2.75, 3.05) is 0 Å². The summed E-state index contributed by atoms with van der Waals surface area (Å²) in [6.45, 7) is 0. The third-order valence-corrected chi connectivity index (χ3v) is 7.28. The van der Waals surface area contributed by atoms with Crippen molar-refractivity contribution in [3.8, 4) is 33.6 Å². The van der Waals surface area contributed by atoms with E-state index in [2.05, 4.69) is 120 Å². The van der Waals surface area contributed by atoms with Crippen LogP contribution in [-0.2, 0) is 0 Å². The summed E-state index contributed by atoms with van der Waals surface area (Å²) in [6, 6.07) is 36.2. The molecule has 0 amide bonds. The fraction of sp³-hybridized carbons (Fsp3) is 0. The van der Waals surface area contributed by atoms with Crippen LogP contribution < -0.4 is 0 Å². The molecule has 6 aromatic rings. The molecule has 0 aliphatic heterocycles. The predicted molar refractivity (Wildman–Crippen MR) is 144 cm³/mol. The fourth-order valence-electron chi connectivity index (χ4n) is 4.16. The Morgan fingerprint density at radius 1 is 0.531 bits per heavy atom. The predicted octanol–water partition coefficient (Wildman–Crippen LogP) is 8.45. The zero-order chi connectivity index (χ0) is 21.5. The van der Waals surface area contributed by atoms with Crippen LogP contribution >= 0.6 is 33.9 Å². The van der Waals surface area contributed by atoms with E-state index in [1.807, 2.05) is 17.4 Å². The van der Waals surface area contributed by atoms with Gasteiger partial charge in [-0.15, -0.1) is 11.3 Å². The smallest absolute Gasteiger partial charge is 0.191 e. The number of benzene rings is 4. The minimum absolute atomic E-state index is 0.745. The molecule has 2 heterocycles. The number of aromatic nitrogens is 2. The minimum atomic E-state index is 0.745. The van der Waals surface area contributed by atoms with Gasteiger partial charge in [0.25, 0.3) is 0 Å². The monoisotopic (exact) mass is 540 g/mol. The van der Waals surface area contributed by atoms with Crippen LogP contribution in [0.2, 0.25) is 0 Å². The first-order valence-corrected chi connectivity index (χ1v) is 12.3. The zero-order valence-corrected chi connectivity index (χ0v) is 20.0. The second-order valence-electron chi connectivity index (χ2n) is 7.63. The number of nitrogens with zero attached hydrogens (tertiary/aromatic N) is 2. The summed E-state index contributed by atoms with van der Waals surface area (Å²) in [4.78, 5) is 9.56. The van der Waals surface area contributed by atoms with Crippen LogP contribution in [0.5, 0.6) is 0 Å². The standard InChI is InChI=1S/C28H17IN2S/c29-28-30-24(19-14-15-23-22-12-6-7-13-26(22)32-27(23)16-19)17-25(31-28)21-11-5-4-10-20(21)18-8-2-1-3-9-18/h1-17H. The molecule has 6 rings (SSSR count). The highest BCUT2D eigenvalue weighted by molar-refractivity contribution is 14.1. The second-order valence-corrected chi connectivity index (χ2v) is 9.68. The van der Waals surface area contributed by atoms with Gasteiger partial charge in [0.2, 0.25) is 0 Å². The number of hydrogen-bond acceptors (Lipinski definition) is 3. The SMILES string of the molecule is Ic1nc(-c2ccc3c(c2)sc2ccccc23)cc(-c2ccccc2-c2ccccc2)n1. The van der Waals surface area contributed by atoms with Gasteiger partial charge in [0, 0.05) is 53.9 Å². The molecule has 0 spiro atoms. The Bertz CT molecular complexity index is 1590. The number of thiophene rings is 1. The molecular weight excluding hydrogens is 523 g/mol. The van der Waals surface area contributed by atoms with Crippen LogP contribution in [0, 0.1) is 3.83 Å². The molecule has 0 N–H and O–H groups in total. The van der Waals surface area contributed by atoms with Gasteiger partial charge >= 0.3 is 0 Å². The maximum Gasteiger partial charge on any atom is 0.191 e. The van der Waals surface area contributed by atoms with Crippen molar-refractivity contribution in [2.45, 2.75) is 0 Å². The van der Waals surface area contributed by atoms with Crippen LogP contribution in [-0.4, -0.2) is 9.97 Å². The van der Waals surface area contributed by atoms with E-state index in [9.17, 15) is 0 Å². The molecule has 2 nitrogen and oxygen atoms in total. The van der Waals surface area contributed by atoms with Crippen LogP contribution in [0.4, 0.5) is 0 Å². The van der Waals surface area contributed by atoms with Gasteiger partial charge in [-0.1, -0.05) is 84.9 Å². The van der Waals surface area contributed by atoms with Crippen molar-refractivity contribution in [3.63, 3.8) is 0 Å². The molecule has 0 aliphatic carbocycles. The van der Waals surface area contributed by atoms with Crippen LogP contribution in [0.15, 0.2) is 103 Å². The van der Waals surface area contributed by atoms with Gasteiger partial charge in [-0.2, -0.15) is 0 Å². The third-order valence-electron chi connectivity index (χ3n) is 5.66. The highest BCUT2D eigenvalue weighted by Crippen LogP contribution is 2.37. The van der Waals surface area contributed by atoms with Gasteiger partial charge in [-0.05, 0) is 29.3 Å². The fourth-order valence-corrected chi connectivity index (χ4v) is 5.83. The summed E-state index contributed by atoms with van der Waals surface area (Å²) in [6.07, 6.45) is 0. The molecule has 0 saturated heterocycles. The largest absolute Gasteiger partial charge is 0.223 e. The van der Waals surface area contributed by atoms with Crippen LogP contribution in [0.25, 0.3) is 53.8 Å². The van der Waals surface area contributed by atoms with Crippen molar-refractivity contribution in [1.29, 1.82) is 0 Å². The summed E-state index contributed by atoms with van der Waals surface area (Å²) in [5.74, 6) is 0. The lowest BCUT2D eigenvalue weighted by atomic mass is 9.97. The number of fused-ring (bicyclic) bond motifs is 3. The third kappa shape index (κ3) is 3.49. The van der Waals surface area contributed by atoms with Gasteiger partial charge in [0.05, 0.1) is 11.4 Å². The van der Waals surface area contributed by atoms with Crippen molar-refractivity contribution in [3.05, 3.63) is 107 Å². The molecule has 4 aromatic carbocycles. The van der Waals surface area contributed by atoms with E-state index in [-0.39, 0.29) is 0 Å². The molecule has 0 saturated carbocycles. The summed E-state index contributed by atoms with van der Waals surface area (Å²) in [5.41, 5.74) is 6.47. The summed E-state index contributed by atoms with van der Waals surface area (Å²) < 4.78 is 3.34. The van der Waals surface area contributed by atoms with Crippen molar-refractivity contribution >= 4 is 54.1 Å². The Morgan fingerprint density at radius 3 is 2.09 bits per heavy atom. The molecule has 0 radical (unpaired) electrons. The van der Waals surface area contributed by atoms with Crippen molar-refractivity contribution < 1.29 is 0 Å². The molecule has 0 unspecified atom stereocenters. The van der Waals surface area contributed by atoms with Gasteiger partial charge in [0.15, 0.2) is 3.83 Å². The molecule has 4 heteroatoms. The quantitative estimate of drug-likeness (QED) is 0.166. The highest BCUT2D eigenvalue weighted by Gasteiger charge is 2.13. The Kier molecular flexibility index (Phi) is 4.97. The summed E-state index contributed by atoms with van der Waals surface area (Å²) in [7, 11) is 0. The van der Waals surface area contributed by atoms with Gasteiger partial charge in [-0.25, -0.2) is 9.97 Å². The van der Waals surface area contributed by atoms with Crippen molar-refractivity contribution in [2.24, 2.45) is 0 Å². The lowest BCUT2D eigenvalue weighted by Crippen LogP contribution is -1.96. The van der Waals surface area contributed by atoms with E-state index in [0.29, 0.717) is 0 Å². The average Bonchev–Trinajstić information content (AvgIpc) is 3.22. The van der Waals surface area contributed by atoms with Crippen LogP contribution in [0.3, 0.4) is 0 Å². The second kappa shape index (κ2) is 8.11. The number of hydrogen-bond donors (Lipinski definition) is 0. The van der Waals surface area contributed by atoms with Gasteiger partial charge in [-0.3, -0.25) is 0 Å². The van der Waals surface area contributed by atoms with E-state index in [0.717, 1.165) is 26.3 Å². The van der Waals surface area contributed by atoms with E-state index in [4.69, 9.17) is 9.97 Å². The van der Waals surface area contributed by atoms with Crippen LogP contribution in [0.1, 0.15) is 0 Å². The zero-order valence-electron chi connectivity index (χ0n) is 17.0. The van der Waals surface area contributed by atoms with E-state index >= 15 is 0 Å². The highest BCUT2D eigenvalue weighted by atomic mass is 127. The molecule has 32 heavy (non-hydrogen) atoms. The molecule has 2 aromatic heterocycles. The molecule has 0 fully saturated rings. The van der Waals surface area contributed by atoms with E-state index < -0.39 is 0 Å². The Labute approximate surface area is 203 Å². The molecule has 0 aliphatic rings. The number of halogens is 1. The molecular formula is C28H17IN2S. The Morgan fingerprint density at radius 2 is 1.22 bits per heavy atom.